The number of amides is 2. The SMILES string of the molecule is CCCCCCOc1ccc(NCC(=O)Nc2ccc(NC(=O)C(C)C)cc2)cc1. The van der Waals surface area contributed by atoms with E-state index >= 15 is 0 Å². The van der Waals surface area contributed by atoms with Gasteiger partial charge in [-0.25, -0.2) is 0 Å². The quantitative estimate of drug-likeness (QED) is 0.415. The maximum absolute atomic E-state index is 12.2. The third kappa shape index (κ3) is 8.55. The molecule has 6 nitrogen and oxygen atoms in total. The molecular formula is C24H33N3O3. The number of nitrogens with one attached hydrogen (secondary N) is 3. The molecule has 2 amide bonds. The van der Waals surface area contributed by atoms with Crippen molar-refractivity contribution in [1.29, 1.82) is 0 Å². The summed E-state index contributed by atoms with van der Waals surface area (Å²) in [6, 6.07) is 14.7. The van der Waals surface area contributed by atoms with Gasteiger partial charge in [-0.05, 0) is 55.0 Å². The van der Waals surface area contributed by atoms with Gasteiger partial charge in [0.1, 0.15) is 5.75 Å². The van der Waals surface area contributed by atoms with E-state index in [9.17, 15) is 9.59 Å². The molecule has 30 heavy (non-hydrogen) atoms. The Hall–Kier alpha value is -3.02. The van der Waals surface area contributed by atoms with E-state index in [2.05, 4.69) is 22.9 Å². The third-order valence-corrected chi connectivity index (χ3v) is 4.53. The molecule has 2 aromatic carbocycles. The molecule has 6 heteroatoms. The maximum Gasteiger partial charge on any atom is 0.243 e. The number of carbonyl (C=O) groups excluding carboxylic acids is 2. The van der Waals surface area contributed by atoms with E-state index in [0.29, 0.717) is 11.4 Å². The highest BCUT2D eigenvalue weighted by Gasteiger charge is 2.07. The third-order valence-electron chi connectivity index (χ3n) is 4.53. The Kier molecular flexibility index (Phi) is 9.71. The first-order valence-electron chi connectivity index (χ1n) is 10.7. The van der Waals surface area contributed by atoms with Gasteiger partial charge in [0.15, 0.2) is 0 Å². The normalized spacial score (nSPS) is 10.5. The van der Waals surface area contributed by atoms with Crippen LogP contribution in [0.25, 0.3) is 0 Å². The summed E-state index contributed by atoms with van der Waals surface area (Å²) >= 11 is 0. The maximum atomic E-state index is 12.2. The minimum Gasteiger partial charge on any atom is -0.494 e. The van der Waals surface area contributed by atoms with E-state index in [1.54, 1.807) is 24.3 Å². The second-order valence-electron chi connectivity index (χ2n) is 7.56. The van der Waals surface area contributed by atoms with E-state index in [-0.39, 0.29) is 24.3 Å². The summed E-state index contributed by atoms with van der Waals surface area (Å²) in [4.78, 5) is 23.9. The summed E-state index contributed by atoms with van der Waals surface area (Å²) in [5.41, 5.74) is 2.24. The highest BCUT2D eigenvalue weighted by molar-refractivity contribution is 5.95. The van der Waals surface area contributed by atoms with Crippen molar-refractivity contribution in [3.63, 3.8) is 0 Å². The lowest BCUT2D eigenvalue weighted by molar-refractivity contribution is -0.119. The largest absolute Gasteiger partial charge is 0.494 e. The Morgan fingerprint density at radius 2 is 1.43 bits per heavy atom. The molecular weight excluding hydrogens is 378 g/mol. The van der Waals surface area contributed by atoms with Crippen LogP contribution in [0.3, 0.4) is 0 Å². The average Bonchev–Trinajstić information content (AvgIpc) is 2.74. The molecule has 2 aromatic rings. The molecule has 0 saturated carbocycles. The summed E-state index contributed by atoms with van der Waals surface area (Å²) in [7, 11) is 0. The Labute approximate surface area is 179 Å². The Balaban J connectivity index is 1.72. The van der Waals surface area contributed by atoms with Crippen LogP contribution in [0.5, 0.6) is 5.75 Å². The highest BCUT2D eigenvalue weighted by atomic mass is 16.5. The summed E-state index contributed by atoms with van der Waals surface area (Å²) in [6.07, 6.45) is 4.72. The fourth-order valence-electron chi connectivity index (χ4n) is 2.70. The van der Waals surface area contributed by atoms with Crippen molar-refractivity contribution in [2.75, 3.05) is 29.1 Å². The molecule has 0 unspecified atom stereocenters. The Morgan fingerprint density at radius 3 is 2.03 bits per heavy atom. The highest BCUT2D eigenvalue weighted by Crippen LogP contribution is 2.17. The Bertz CT molecular complexity index is 786. The van der Waals surface area contributed by atoms with Crippen LogP contribution in [0.4, 0.5) is 17.1 Å². The van der Waals surface area contributed by atoms with Crippen LogP contribution in [0, 0.1) is 5.92 Å². The monoisotopic (exact) mass is 411 g/mol. The molecule has 0 aliphatic heterocycles. The van der Waals surface area contributed by atoms with E-state index < -0.39 is 0 Å². The van der Waals surface area contributed by atoms with Crippen molar-refractivity contribution >= 4 is 28.9 Å². The van der Waals surface area contributed by atoms with E-state index in [1.807, 2.05) is 38.1 Å². The molecule has 3 N–H and O–H groups in total. The second kappa shape index (κ2) is 12.5. The Morgan fingerprint density at radius 1 is 0.833 bits per heavy atom. The van der Waals surface area contributed by atoms with Gasteiger partial charge < -0.3 is 20.7 Å². The molecule has 0 fully saturated rings. The van der Waals surface area contributed by atoms with Gasteiger partial charge in [0, 0.05) is 23.0 Å². The smallest absolute Gasteiger partial charge is 0.243 e. The molecule has 0 aromatic heterocycles. The molecule has 162 valence electrons. The molecule has 0 heterocycles. The number of hydrogen-bond donors (Lipinski definition) is 3. The van der Waals surface area contributed by atoms with Crippen molar-refractivity contribution in [3.8, 4) is 5.75 Å². The zero-order chi connectivity index (χ0) is 21.8. The molecule has 0 atom stereocenters. The summed E-state index contributed by atoms with van der Waals surface area (Å²) in [5.74, 6) is 0.571. The minimum atomic E-state index is -0.148. The lowest BCUT2D eigenvalue weighted by Gasteiger charge is -2.11. The number of hydrogen-bond acceptors (Lipinski definition) is 4. The fraction of sp³-hybridized carbons (Fsp3) is 0.417. The van der Waals surface area contributed by atoms with Gasteiger partial charge in [-0.15, -0.1) is 0 Å². The predicted octanol–water partition coefficient (Wildman–Crippen LogP) is 5.29. The number of rotatable bonds is 12. The molecule has 0 radical (unpaired) electrons. The average molecular weight is 412 g/mol. The van der Waals surface area contributed by atoms with Crippen molar-refractivity contribution in [3.05, 3.63) is 48.5 Å². The minimum absolute atomic E-state index is 0.0381. The van der Waals surface area contributed by atoms with E-state index in [4.69, 9.17) is 4.74 Å². The van der Waals surface area contributed by atoms with Crippen molar-refractivity contribution in [1.82, 2.24) is 0 Å². The number of anilines is 3. The molecule has 2 rings (SSSR count). The van der Waals surface area contributed by atoms with Gasteiger partial charge in [-0.3, -0.25) is 9.59 Å². The summed E-state index contributed by atoms with van der Waals surface area (Å²) in [5, 5.41) is 8.75. The lowest BCUT2D eigenvalue weighted by atomic mass is 10.2. The van der Waals surface area contributed by atoms with Crippen molar-refractivity contribution in [2.24, 2.45) is 5.92 Å². The van der Waals surface area contributed by atoms with Crippen molar-refractivity contribution < 1.29 is 14.3 Å². The van der Waals surface area contributed by atoms with Crippen LogP contribution in [-0.2, 0) is 9.59 Å². The number of benzene rings is 2. The number of unbranched alkanes of at least 4 members (excludes halogenated alkanes) is 3. The van der Waals surface area contributed by atoms with Crippen molar-refractivity contribution in [2.45, 2.75) is 46.5 Å². The number of carbonyl (C=O) groups is 2. The first kappa shape index (κ1) is 23.3. The zero-order valence-corrected chi connectivity index (χ0v) is 18.2. The molecule has 0 saturated heterocycles. The van der Waals surface area contributed by atoms with Gasteiger partial charge in [0.05, 0.1) is 13.2 Å². The topological polar surface area (TPSA) is 79.5 Å². The van der Waals surface area contributed by atoms with Crippen LogP contribution in [0.15, 0.2) is 48.5 Å². The van der Waals surface area contributed by atoms with Crippen LogP contribution in [0.1, 0.15) is 46.5 Å². The van der Waals surface area contributed by atoms with Crippen LogP contribution in [-0.4, -0.2) is 25.0 Å². The number of ether oxygens (including phenoxy) is 1. The molecule has 0 bridgehead atoms. The van der Waals surface area contributed by atoms with Gasteiger partial charge in [-0.2, -0.15) is 0 Å². The molecule has 0 aliphatic rings. The fourth-order valence-corrected chi connectivity index (χ4v) is 2.70. The van der Waals surface area contributed by atoms with Gasteiger partial charge in [0.2, 0.25) is 11.8 Å². The van der Waals surface area contributed by atoms with Gasteiger partial charge >= 0.3 is 0 Å². The second-order valence-corrected chi connectivity index (χ2v) is 7.56. The lowest BCUT2D eigenvalue weighted by Crippen LogP contribution is -2.21. The first-order chi connectivity index (χ1) is 14.5. The van der Waals surface area contributed by atoms with Gasteiger partial charge in [-0.1, -0.05) is 40.0 Å². The standard InChI is InChI=1S/C24H33N3O3/c1-4-5-6-7-16-30-22-14-12-19(13-15-22)25-17-23(28)26-20-8-10-21(11-9-20)27-24(29)18(2)3/h8-15,18,25H,4-7,16-17H2,1-3H3,(H,26,28)(H,27,29). The van der Waals surface area contributed by atoms with E-state index in [0.717, 1.165) is 24.5 Å². The first-order valence-corrected chi connectivity index (χ1v) is 10.7. The van der Waals surface area contributed by atoms with Crippen LogP contribution in [0.2, 0.25) is 0 Å². The predicted molar refractivity (Wildman–Crippen MR) is 123 cm³/mol. The molecule has 0 aliphatic carbocycles. The molecule has 0 spiro atoms. The van der Waals surface area contributed by atoms with E-state index in [1.165, 1.54) is 19.3 Å². The zero-order valence-electron chi connectivity index (χ0n) is 18.2. The van der Waals surface area contributed by atoms with Gasteiger partial charge in [0.25, 0.3) is 0 Å². The van der Waals surface area contributed by atoms with Crippen LogP contribution >= 0.6 is 0 Å². The van der Waals surface area contributed by atoms with Crippen LogP contribution < -0.4 is 20.7 Å². The summed E-state index contributed by atoms with van der Waals surface area (Å²) < 4.78 is 5.73. The summed E-state index contributed by atoms with van der Waals surface area (Å²) in [6.45, 7) is 6.76.